The van der Waals surface area contributed by atoms with Crippen molar-refractivity contribution in [2.45, 2.75) is 72.6 Å². The Kier molecular flexibility index (Phi) is 12.6. The molecule has 0 radical (unpaired) electrons. The van der Waals surface area contributed by atoms with Crippen LogP contribution in [-0.2, 0) is 17.4 Å². The van der Waals surface area contributed by atoms with E-state index in [1.54, 1.807) is 7.11 Å². The van der Waals surface area contributed by atoms with Crippen LogP contribution in [0.2, 0.25) is 0 Å². The topological polar surface area (TPSA) is 115 Å². The van der Waals surface area contributed by atoms with E-state index in [1.165, 1.54) is 74.1 Å². The number of aromatic nitrogens is 1. The number of methoxy groups -OCH3 is 1. The van der Waals surface area contributed by atoms with Gasteiger partial charge in [0.05, 0.1) is 12.6 Å². The highest BCUT2D eigenvalue weighted by Gasteiger charge is 2.18. The number of hydrogen-bond acceptors (Lipinski definition) is 5. The van der Waals surface area contributed by atoms with Crippen LogP contribution in [0.1, 0.15) is 71.1 Å². The van der Waals surface area contributed by atoms with Crippen LogP contribution in [0.15, 0.2) is 18.2 Å². The lowest BCUT2D eigenvalue weighted by Crippen LogP contribution is -2.30. The largest absolute Gasteiger partial charge is 0.497 e. The molecule has 1 aliphatic rings. The number of pyridine rings is 1. The molecule has 1 aromatic carbocycles. The van der Waals surface area contributed by atoms with Gasteiger partial charge in [-0.1, -0.05) is 27.7 Å². The summed E-state index contributed by atoms with van der Waals surface area (Å²) in [6.07, 6.45) is 8.48. The van der Waals surface area contributed by atoms with E-state index in [9.17, 15) is 0 Å². The van der Waals surface area contributed by atoms with Gasteiger partial charge in [-0.15, -0.1) is 0 Å². The zero-order valence-electron chi connectivity index (χ0n) is 22.7. The first-order valence-electron chi connectivity index (χ1n) is 13.2. The van der Waals surface area contributed by atoms with Gasteiger partial charge in [-0.3, -0.25) is 4.98 Å². The van der Waals surface area contributed by atoms with Gasteiger partial charge in [-0.2, -0.15) is 0 Å². The first-order valence-corrected chi connectivity index (χ1v) is 14.8. The van der Waals surface area contributed by atoms with Gasteiger partial charge in [0.25, 0.3) is 0 Å². The summed E-state index contributed by atoms with van der Waals surface area (Å²) in [6.45, 7) is 13.9. The molecular weight excluding hydrogens is 477 g/mol. The molecule has 0 atom stereocenters. The molecule has 4 N–H and O–H groups in total. The third-order valence-electron chi connectivity index (χ3n) is 6.47. The number of rotatable bonds is 12. The Morgan fingerprint density at radius 2 is 1.64 bits per heavy atom. The molecule has 9 heteroatoms. The summed E-state index contributed by atoms with van der Waals surface area (Å²) in [4.78, 5) is 29.2. The van der Waals surface area contributed by atoms with Crippen molar-refractivity contribution in [3.8, 4) is 5.75 Å². The number of phosphoric acid groups is 1. The first-order chi connectivity index (χ1) is 17.0. The lowest BCUT2D eigenvalue weighted by Gasteiger charge is -2.25. The molecule has 0 amide bonds. The van der Waals surface area contributed by atoms with Gasteiger partial charge in [0.15, 0.2) is 0 Å². The Hall–Kier alpha value is -1.70. The van der Waals surface area contributed by atoms with Gasteiger partial charge < -0.3 is 29.6 Å². The first kappa shape index (κ1) is 30.5. The number of anilines is 1. The van der Waals surface area contributed by atoms with Crippen molar-refractivity contribution in [2.75, 3.05) is 38.6 Å². The van der Waals surface area contributed by atoms with Crippen LogP contribution < -0.4 is 10.1 Å². The number of aryl methyl sites for hydroxylation is 1. The van der Waals surface area contributed by atoms with E-state index < -0.39 is 7.82 Å². The van der Waals surface area contributed by atoms with Crippen molar-refractivity contribution in [3.05, 3.63) is 29.5 Å². The molecule has 0 saturated heterocycles. The lowest BCUT2D eigenvalue weighted by molar-refractivity contribution is 0.243. The molecule has 1 aromatic heterocycles. The van der Waals surface area contributed by atoms with Gasteiger partial charge >= 0.3 is 7.82 Å². The summed E-state index contributed by atoms with van der Waals surface area (Å²) < 4.78 is 14.4. The van der Waals surface area contributed by atoms with Gasteiger partial charge in [0, 0.05) is 23.3 Å². The number of benzene rings is 1. The Labute approximate surface area is 216 Å². The van der Waals surface area contributed by atoms with Crippen LogP contribution in [0.25, 0.3) is 10.9 Å². The number of nitrogens with zero attached hydrogens (tertiary/aromatic N) is 2. The maximum absolute atomic E-state index is 8.88. The maximum Gasteiger partial charge on any atom is 0.466 e. The molecule has 36 heavy (non-hydrogen) atoms. The van der Waals surface area contributed by atoms with E-state index in [2.05, 4.69) is 50.0 Å². The van der Waals surface area contributed by atoms with Gasteiger partial charge in [-0.05, 0) is 100 Å². The van der Waals surface area contributed by atoms with E-state index in [0.29, 0.717) is 0 Å². The Morgan fingerprint density at radius 3 is 2.22 bits per heavy atom. The Balaban J connectivity index is 0.000000830. The predicted molar refractivity (Wildman–Crippen MR) is 148 cm³/mol. The second kappa shape index (κ2) is 14.9. The highest BCUT2D eigenvalue weighted by atomic mass is 31.2. The van der Waals surface area contributed by atoms with E-state index >= 15 is 0 Å². The lowest BCUT2D eigenvalue weighted by atomic mass is 9.92. The zero-order valence-corrected chi connectivity index (χ0v) is 23.6. The monoisotopic (exact) mass is 523 g/mol. The second-order valence-corrected chi connectivity index (χ2v) is 11.5. The van der Waals surface area contributed by atoms with E-state index in [4.69, 9.17) is 29.0 Å². The second-order valence-electron chi connectivity index (χ2n) is 10.5. The summed E-state index contributed by atoms with van der Waals surface area (Å²) >= 11 is 0. The minimum atomic E-state index is -4.64. The normalized spacial score (nSPS) is 13.6. The molecule has 8 nitrogen and oxygen atoms in total. The summed E-state index contributed by atoms with van der Waals surface area (Å²) in [5, 5.41) is 5.04. The molecule has 2 aromatic rings. The average Bonchev–Trinajstić information content (AvgIpc) is 2.80. The summed E-state index contributed by atoms with van der Waals surface area (Å²) in [5.41, 5.74) is 5.11. The predicted octanol–water partition coefficient (Wildman–Crippen LogP) is 5.39. The molecule has 1 aliphatic carbocycles. The van der Waals surface area contributed by atoms with Crippen molar-refractivity contribution in [3.63, 3.8) is 0 Å². The van der Waals surface area contributed by atoms with Crippen LogP contribution in [-0.4, -0.2) is 57.9 Å². The Bertz CT molecular complexity index is 973. The quantitative estimate of drug-likeness (QED) is 0.216. The van der Waals surface area contributed by atoms with Crippen LogP contribution in [0.4, 0.5) is 5.69 Å². The Morgan fingerprint density at radius 1 is 1.03 bits per heavy atom. The molecule has 0 bridgehead atoms. The molecule has 0 aliphatic heterocycles. The smallest absolute Gasteiger partial charge is 0.466 e. The van der Waals surface area contributed by atoms with Crippen molar-refractivity contribution >= 4 is 24.4 Å². The zero-order chi connectivity index (χ0) is 26.7. The van der Waals surface area contributed by atoms with Gasteiger partial charge in [0.2, 0.25) is 0 Å². The summed E-state index contributed by atoms with van der Waals surface area (Å²) in [6, 6.07) is 6.28. The van der Waals surface area contributed by atoms with Crippen LogP contribution >= 0.6 is 7.82 Å². The minimum Gasteiger partial charge on any atom is -0.497 e. The number of nitrogens with one attached hydrogen (secondary N) is 1. The molecule has 0 unspecified atom stereocenters. The molecule has 0 fully saturated rings. The average molecular weight is 524 g/mol. The molecule has 0 saturated carbocycles. The van der Waals surface area contributed by atoms with Crippen LogP contribution in [0, 0.1) is 11.8 Å². The molecule has 0 spiro atoms. The highest BCUT2D eigenvalue weighted by molar-refractivity contribution is 7.45. The number of fused-ring (bicyclic) bond motifs is 2. The fourth-order valence-electron chi connectivity index (χ4n) is 4.46. The van der Waals surface area contributed by atoms with Gasteiger partial charge in [-0.25, -0.2) is 4.57 Å². The summed E-state index contributed by atoms with van der Waals surface area (Å²) in [7, 11) is -2.90. The van der Waals surface area contributed by atoms with Crippen molar-refractivity contribution in [1.82, 2.24) is 9.88 Å². The third-order valence-corrected chi connectivity index (χ3v) is 6.47. The van der Waals surface area contributed by atoms with Gasteiger partial charge in [0.1, 0.15) is 5.75 Å². The van der Waals surface area contributed by atoms with E-state index in [1.807, 2.05) is 6.07 Å². The fraction of sp³-hybridized carbons (Fsp3) is 0.667. The molecule has 1 heterocycles. The van der Waals surface area contributed by atoms with E-state index in [-0.39, 0.29) is 0 Å². The number of ether oxygens (including phenoxy) is 1. The minimum absolute atomic E-state index is 0.768. The van der Waals surface area contributed by atoms with Crippen molar-refractivity contribution < 1.29 is 24.0 Å². The highest BCUT2D eigenvalue weighted by Crippen LogP contribution is 2.35. The SMILES string of the molecule is COc1ccc2nc3c(c(NCCCN(CCC(C)C)CCC(C)C)c2c1)CCCC3.O=P(O)(O)O. The van der Waals surface area contributed by atoms with Crippen molar-refractivity contribution in [2.24, 2.45) is 11.8 Å². The van der Waals surface area contributed by atoms with Crippen LogP contribution in [0.3, 0.4) is 0 Å². The third kappa shape index (κ3) is 11.1. The fourth-order valence-corrected chi connectivity index (χ4v) is 4.46. The van der Waals surface area contributed by atoms with E-state index in [0.717, 1.165) is 42.5 Å². The van der Waals surface area contributed by atoms with Crippen LogP contribution in [0.5, 0.6) is 5.75 Å². The number of hydrogen-bond donors (Lipinski definition) is 4. The maximum atomic E-state index is 8.88. The molecule has 3 rings (SSSR count). The summed E-state index contributed by atoms with van der Waals surface area (Å²) in [5.74, 6) is 2.44. The molecular formula is C27H46N3O5P. The molecule has 204 valence electrons. The standard InChI is InChI=1S/C27H43N3O.H3O4P/c1-20(2)13-17-30(18-14-21(3)4)16-8-15-28-27-23-9-6-7-10-25(23)29-26-12-11-22(31-5)19-24(26)27;1-5(2,3)4/h11-12,19-21H,6-10,13-18H2,1-5H3,(H,28,29);(H3,1,2,3,4). The van der Waals surface area contributed by atoms with Crippen molar-refractivity contribution in [1.29, 1.82) is 0 Å².